The lowest BCUT2D eigenvalue weighted by atomic mass is 10.1. The zero-order valence-electron chi connectivity index (χ0n) is 13.9. The highest BCUT2D eigenvalue weighted by atomic mass is 32.2. The summed E-state index contributed by atoms with van der Waals surface area (Å²) in [5.41, 5.74) is 1.89. The number of guanidine groups is 1. The van der Waals surface area contributed by atoms with E-state index in [-0.39, 0.29) is 11.6 Å². The summed E-state index contributed by atoms with van der Waals surface area (Å²) in [6.45, 7) is 1.20. The fourth-order valence-corrected chi connectivity index (χ4v) is 3.11. The minimum Gasteiger partial charge on any atom is -0.361 e. The van der Waals surface area contributed by atoms with Crippen LogP contribution in [0.4, 0.5) is 4.39 Å². The van der Waals surface area contributed by atoms with Crippen LogP contribution in [0.25, 0.3) is 10.9 Å². The van der Waals surface area contributed by atoms with Crippen LogP contribution in [-0.4, -0.2) is 51.5 Å². The van der Waals surface area contributed by atoms with Gasteiger partial charge >= 0.3 is 0 Å². The van der Waals surface area contributed by atoms with Crippen molar-refractivity contribution in [2.45, 2.75) is 12.8 Å². The lowest BCUT2D eigenvalue weighted by molar-refractivity contribution is 0.598. The van der Waals surface area contributed by atoms with Gasteiger partial charge in [-0.1, -0.05) is 0 Å². The quantitative estimate of drug-likeness (QED) is 0.399. The molecule has 1 aromatic heterocycles. The molecule has 0 unspecified atom stereocenters. The number of hydrogen-bond acceptors (Lipinski definition) is 3. The van der Waals surface area contributed by atoms with E-state index in [1.807, 2.05) is 6.20 Å². The molecule has 132 valence electrons. The summed E-state index contributed by atoms with van der Waals surface area (Å²) in [7, 11) is -1.26. The molecule has 2 rings (SSSR count). The van der Waals surface area contributed by atoms with Crippen LogP contribution in [-0.2, 0) is 16.3 Å². The van der Waals surface area contributed by atoms with E-state index >= 15 is 0 Å². The van der Waals surface area contributed by atoms with Gasteiger partial charge in [-0.15, -0.1) is 0 Å². The predicted octanol–water partition coefficient (Wildman–Crippen LogP) is 1.45. The van der Waals surface area contributed by atoms with Crippen molar-refractivity contribution in [1.29, 1.82) is 0 Å². The summed E-state index contributed by atoms with van der Waals surface area (Å²) in [5, 5.41) is 7.28. The molecule has 0 aliphatic rings. The Balaban J connectivity index is 1.79. The highest BCUT2D eigenvalue weighted by Gasteiger charge is 2.06. The molecular weight excluding hydrogens is 331 g/mol. The molecule has 0 fully saturated rings. The Bertz CT molecular complexity index is 815. The number of benzene rings is 1. The number of nitrogens with one attached hydrogen (secondary N) is 3. The predicted molar refractivity (Wildman–Crippen MR) is 95.7 cm³/mol. The van der Waals surface area contributed by atoms with Crippen molar-refractivity contribution in [2.75, 3.05) is 32.1 Å². The first-order valence-corrected chi connectivity index (χ1v) is 9.83. The average Bonchev–Trinajstić information content (AvgIpc) is 2.90. The molecule has 0 aliphatic carbocycles. The number of nitrogens with zero attached hydrogens (tertiary/aromatic N) is 1. The monoisotopic (exact) mass is 354 g/mol. The second kappa shape index (κ2) is 8.14. The number of hydrogen-bond donors (Lipinski definition) is 3. The second-order valence-electron chi connectivity index (χ2n) is 5.66. The molecule has 0 saturated heterocycles. The number of aliphatic imine (C=N–C) groups is 1. The van der Waals surface area contributed by atoms with Gasteiger partial charge in [0.05, 0.1) is 5.75 Å². The number of halogens is 1. The van der Waals surface area contributed by atoms with Crippen molar-refractivity contribution in [3.05, 3.63) is 35.8 Å². The lowest BCUT2D eigenvalue weighted by Gasteiger charge is -2.11. The third-order valence-electron chi connectivity index (χ3n) is 3.62. The van der Waals surface area contributed by atoms with E-state index in [0.717, 1.165) is 22.9 Å². The van der Waals surface area contributed by atoms with Gasteiger partial charge in [0, 0.05) is 43.5 Å². The Kier molecular flexibility index (Phi) is 6.19. The zero-order chi connectivity index (χ0) is 17.6. The molecule has 0 bridgehead atoms. The van der Waals surface area contributed by atoms with Crippen LogP contribution < -0.4 is 10.6 Å². The first-order valence-electron chi connectivity index (χ1n) is 7.77. The molecule has 0 amide bonds. The lowest BCUT2D eigenvalue weighted by Crippen LogP contribution is -2.39. The van der Waals surface area contributed by atoms with Gasteiger partial charge in [-0.25, -0.2) is 12.8 Å². The number of aromatic nitrogens is 1. The van der Waals surface area contributed by atoms with E-state index in [0.29, 0.717) is 25.5 Å². The van der Waals surface area contributed by atoms with Crippen LogP contribution in [0.2, 0.25) is 0 Å². The summed E-state index contributed by atoms with van der Waals surface area (Å²) in [6.07, 6.45) is 4.41. The van der Waals surface area contributed by atoms with E-state index < -0.39 is 9.84 Å². The molecule has 0 atom stereocenters. The molecule has 0 spiro atoms. The smallest absolute Gasteiger partial charge is 0.190 e. The third-order valence-corrected chi connectivity index (χ3v) is 4.65. The fourth-order valence-electron chi connectivity index (χ4n) is 2.44. The summed E-state index contributed by atoms with van der Waals surface area (Å²) in [4.78, 5) is 7.17. The SMILES string of the molecule is CN=C(NCCCS(C)(=O)=O)NCCc1c[nH]c2cc(F)ccc12. The number of sulfone groups is 1. The maximum absolute atomic E-state index is 13.2. The average molecular weight is 354 g/mol. The van der Waals surface area contributed by atoms with Crippen molar-refractivity contribution in [3.8, 4) is 0 Å². The van der Waals surface area contributed by atoms with Gasteiger partial charge in [-0.2, -0.15) is 0 Å². The summed E-state index contributed by atoms with van der Waals surface area (Å²) in [6, 6.07) is 4.71. The Labute approximate surface area is 141 Å². The first-order chi connectivity index (χ1) is 11.4. The molecule has 0 aliphatic heterocycles. The molecule has 3 N–H and O–H groups in total. The van der Waals surface area contributed by atoms with E-state index in [9.17, 15) is 12.8 Å². The number of fused-ring (bicyclic) bond motifs is 1. The van der Waals surface area contributed by atoms with E-state index in [1.165, 1.54) is 18.4 Å². The van der Waals surface area contributed by atoms with Gasteiger partial charge in [0.15, 0.2) is 5.96 Å². The third kappa shape index (κ3) is 5.52. The van der Waals surface area contributed by atoms with Crippen molar-refractivity contribution in [1.82, 2.24) is 15.6 Å². The van der Waals surface area contributed by atoms with Crippen LogP contribution in [0, 0.1) is 5.82 Å². The molecule has 8 heteroatoms. The Hall–Kier alpha value is -2.09. The van der Waals surface area contributed by atoms with Crippen molar-refractivity contribution in [2.24, 2.45) is 4.99 Å². The Morgan fingerprint density at radius 1 is 1.29 bits per heavy atom. The number of rotatable bonds is 7. The van der Waals surface area contributed by atoms with Crippen LogP contribution in [0.1, 0.15) is 12.0 Å². The molecule has 0 saturated carbocycles. The van der Waals surface area contributed by atoms with Gasteiger partial charge in [-0.3, -0.25) is 4.99 Å². The van der Waals surface area contributed by atoms with Crippen molar-refractivity contribution < 1.29 is 12.8 Å². The largest absolute Gasteiger partial charge is 0.361 e. The summed E-state index contributed by atoms with van der Waals surface area (Å²) < 4.78 is 35.3. The van der Waals surface area contributed by atoms with Crippen LogP contribution in [0.15, 0.2) is 29.4 Å². The van der Waals surface area contributed by atoms with Gasteiger partial charge < -0.3 is 15.6 Å². The zero-order valence-corrected chi connectivity index (χ0v) is 14.7. The van der Waals surface area contributed by atoms with E-state index in [2.05, 4.69) is 20.6 Å². The molecular formula is C16H23FN4O2S. The maximum Gasteiger partial charge on any atom is 0.190 e. The van der Waals surface area contributed by atoms with Gasteiger partial charge in [0.25, 0.3) is 0 Å². The normalized spacial score (nSPS) is 12.5. The molecule has 24 heavy (non-hydrogen) atoms. The minimum absolute atomic E-state index is 0.156. The Morgan fingerprint density at radius 3 is 2.75 bits per heavy atom. The van der Waals surface area contributed by atoms with Crippen molar-refractivity contribution in [3.63, 3.8) is 0 Å². The van der Waals surface area contributed by atoms with E-state index in [1.54, 1.807) is 13.1 Å². The Morgan fingerprint density at radius 2 is 2.04 bits per heavy atom. The van der Waals surface area contributed by atoms with E-state index in [4.69, 9.17) is 0 Å². The van der Waals surface area contributed by atoms with Crippen LogP contribution in [0.3, 0.4) is 0 Å². The fraction of sp³-hybridized carbons (Fsp3) is 0.438. The maximum atomic E-state index is 13.2. The topological polar surface area (TPSA) is 86.3 Å². The van der Waals surface area contributed by atoms with Crippen molar-refractivity contribution >= 4 is 26.7 Å². The first kappa shape index (κ1) is 18.3. The highest BCUT2D eigenvalue weighted by Crippen LogP contribution is 2.19. The highest BCUT2D eigenvalue weighted by molar-refractivity contribution is 7.90. The number of aromatic amines is 1. The van der Waals surface area contributed by atoms with Gasteiger partial charge in [0.1, 0.15) is 15.7 Å². The molecule has 6 nitrogen and oxygen atoms in total. The second-order valence-corrected chi connectivity index (χ2v) is 7.92. The van der Waals surface area contributed by atoms with Gasteiger partial charge in [0.2, 0.25) is 0 Å². The molecule has 0 radical (unpaired) electrons. The van der Waals surface area contributed by atoms with Crippen LogP contribution in [0.5, 0.6) is 0 Å². The van der Waals surface area contributed by atoms with Crippen LogP contribution >= 0.6 is 0 Å². The minimum atomic E-state index is -2.93. The standard InChI is InChI=1S/C16H23FN4O2S/c1-18-16(19-7-3-9-24(2,22)23)20-8-6-12-11-21-15-10-13(17)4-5-14(12)15/h4-5,10-11,21H,3,6-9H2,1-2H3,(H2,18,19,20). The number of H-pyrrole nitrogens is 1. The molecule has 2 aromatic rings. The van der Waals surface area contributed by atoms with Gasteiger partial charge in [-0.05, 0) is 36.6 Å². The summed E-state index contributed by atoms with van der Waals surface area (Å²) in [5.74, 6) is 0.533. The summed E-state index contributed by atoms with van der Waals surface area (Å²) >= 11 is 0. The molecule has 1 aromatic carbocycles. The molecule has 1 heterocycles.